The fourth-order valence-corrected chi connectivity index (χ4v) is 2.90. The number of aromatic hydroxyl groups is 1. The van der Waals surface area contributed by atoms with Crippen molar-refractivity contribution < 1.29 is 5.11 Å². The Labute approximate surface area is 148 Å². The quantitative estimate of drug-likeness (QED) is 0.838. The molecule has 0 aliphatic heterocycles. The van der Waals surface area contributed by atoms with Gasteiger partial charge in [-0.25, -0.2) is 4.98 Å². The van der Waals surface area contributed by atoms with E-state index in [1.807, 2.05) is 12.1 Å². The summed E-state index contributed by atoms with van der Waals surface area (Å²) in [5.74, 6) is 1.06. The van der Waals surface area contributed by atoms with Crippen LogP contribution in [-0.4, -0.2) is 14.5 Å². The normalized spacial score (nSPS) is 12.1. The molecule has 2 aromatic rings. The van der Waals surface area contributed by atoms with E-state index in [1.165, 1.54) is 11.5 Å². The van der Waals surface area contributed by atoms with Gasteiger partial charge in [0.25, 0.3) is 0 Å². The Morgan fingerprint density at radius 1 is 1.04 bits per heavy atom. The second kappa shape index (κ2) is 6.75. The maximum Gasteiger partial charge on any atom is 0.173 e. The van der Waals surface area contributed by atoms with Crippen molar-refractivity contribution in [3.63, 3.8) is 0 Å². The number of benzene rings is 1. The van der Waals surface area contributed by atoms with E-state index in [0.717, 1.165) is 21.7 Å². The molecule has 0 saturated carbocycles. The largest absolute Gasteiger partial charge is 0.507 e. The lowest BCUT2D eigenvalue weighted by Crippen LogP contribution is -2.17. The Morgan fingerprint density at radius 3 is 1.87 bits per heavy atom. The molecule has 0 unspecified atom stereocenters. The molecule has 0 fully saturated rings. The van der Waals surface area contributed by atoms with Gasteiger partial charge in [-0.3, -0.25) is 0 Å². The zero-order valence-corrected chi connectivity index (χ0v) is 16.2. The van der Waals surface area contributed by atoms with E-state index in [0.29, 0.717) is 18.1 Å². The Morgan fingerprint density at radius 2 is 1.52 bits per heavy atom. The van der Waals surface area contributed by atoms with Crippen LogP contribution < -0.4 is 5.73 Å². The molecule has 0 aliphatic carbocycles. The highest BCUT2D eigenvalue weighted by Crippen LogP contribution is 2.41. The van der Waals surface area contributed by atoms with Gasteiger partial charge >= 0.3 is 0 Å². The number of phenols is 1. The number of aromatic nitrogens is 2. The second-order valence-electron chi connectivity index (χ2n) is 7.64. The number of hydrogen-bond donors (Lipinski definition) is 2. The van der Waals surface area contributed by atoms with Crippen LogP contribution in [0.15, 0.2) is 12.1 Å². The lowest BCUT2D eigenvalue weighted by atomic mass is 9.78. The Balaban J connectivity index is 0.00000264. The Hall–Kier alpha value is -1.17. The predicted molar refractivity (Wildman–Crippen MR) is 99.5 cm³/mol. The standard InChI is InChI=1S/C17H25N3OS.ClH/c1-16(2,3)11-7-10(15-19-13(9-18)22-20-15)8-12(14(11)21)17(4,5)6;/h7-8,21H,9,18H2,1-6H3;1H. The molecule has 0 saturated heterocycles. The van der Waals surface area contributed by atoms with Gasteiger partial charge in [0.1, 0.15) is 10.8 Å². The van der Waals surface area contributed by atoms with E-state index >= 15 is 0 Å². The van der Waals surface area contributed by atoms with Gasteiger partial charge in [0.05, 0.1) is 0 Å². The number of nitrogens with two attached hydrogens (primary N) is 1. The summed E-state index contributed by atoms with van der Waals surface area (Å²) in [5, 5.41) is 11.5. The zero-order chi connectivity index (χ0) is 16.7. The first-order valence-electron chi connectivity index (χ1n) is 7.45. The van der Waals surface area contributed by atoms with Crippen molar-refractivity contribution in [2.24, 2.45) is 5.73 Å². The molecule has 23 heavy (non-hydrogen) atoms. The van der Waals surface area contributed by atoms with E-state index in [-0.39, 0.29) is 23.2 Å². The van der Waals surface area contributed by atoms with Crippen LogP contribution in [0.1, 0.15) is 57.7 Å². The maximum atomic E-state index is 10.7. The van der Waals surface area contributed by atoms with E-state index in [4.69, 9.17) is 5.73 Å². The number of nitrogens with zero attached hydrogens (tertiary/aromatic N) is 2. The first kappa shape index (κ1) is 19.9. The third-order valence-corrected chi connectivity index (χ3v) is 4.36. The molecule has 6 heteroatoms. The summed E-state index contributed by atoms with van der Waals surface area (Å²) in [6, 6.07) is 3.99. The molecule has 0 amide bonds. The summed E-state index contributed by atoms with van der Waals surface area (Å²) >= 11 is 1.33. The summed E-state index contributed by atoms with van der Waals surface area (Å²) < 4.78 is 4.40. The molecule has 1 aromatic carbocycles. The fraction of sp³-hybridized carbons (Fsp3) is 0.529. The smallest absolute Gasteiger partial charge is 0.173 e. The van der Waals surface area contributed by atoms with Gasteiger partial charge in [0.2, 0.25) is 0 Å². The SMILES string of the molecule is CC(C)(C)c1cc(-c2nsc(CN)n2)cc(C(C)(C)C)c1O.Cl. The molecule has 4 nitrogen and oxygen atoms in total. The lowest BCUT2D eigenvalue weighted by molar-refractivity contribution is 0.423. The van der Waals surface area contributed by atoms with Gasteiger partial charge in [-0.05, 0) is 34.5 Å². The molecule has 1 aromatic heterocycles. The van der Waals surface area contributed by atoms with Gasteiger partial charge < -0.3 is 10.8 Å². The average molecular weight is 356 g/mol. The van der Waals surface area contributed by atoms with Crippen LogP contribution in [0.2, 0.25) is 0 Å². The molecular formula is C17H26ClN3OS. The molecule has 0 aliphatic rings. The van der Waals surface area contributed by atoms with Gasteiger partial charge in [-0.1, -0.05) is 41.5 Å². The number of hydrogen-bond acceptors (Lipinski definition) is 5. The minimum atomic E-state index is -0.160. The number of phenolic OH excluding ortho intramolecular Hbond substituents is 1. The second-order valence-corrected chi connectivity index (χ2v) is 8.47. The van der Waals surface area contributed by atoms with Crippen molar-refractivity contribution in [1.82, 2.24) is 9.36 Å². The van der Waals surface area contributed by atoms with Crippen molar-refractivity contribution in [2.45, 2.75) is 58.9 Å². The van der Waals surface area contributed by atoms with Crippen LogP contribution in [0.25, 0.3) is 11.4 Å². The van der Waals surface area contributed by atoms with Gasteiger partial charge in [-0.15, -0.1) is 12.4 Å². The highest BCUT2D eigenvalue weighted by Gasteiger charge is 2.27. The monoisotopic (exact) mass is 355 g/mol. The molecule has 0 spiro atoms. The topological polar surface area (TPSA) is 72.0 Å². The van der Waals surface area contributed by atoms with Crippen molar-refractivity contribution in [3.8, 4) is 17.1 Å². The average Bonchev–Trinajstić information content (AvgIpc) is 2.85. The molecule has 1 heterocycles. The third-order valence-electron chi connectivity index (χ3n) is 3.63. The van der Waals surface area contributed by atoms with Gasteiger partial charge in [0.15, 0.2) is 5.82 Å². The highest BCUT2D eigenvalue weighted by molar-refractivity contribution is 7.05. The predicted octanol–water partition coefficient (Wildman–Crippen LogP) is 4.39. The minimum absolute atomic E-state index is 0. The fourth-order valence-electron chi connectivity index (χ4n) is 2.36. The number of halogens is 1. The van der Waals surface area contributed by atoms with Crippen molar-refractivity contribution in [1.29, 1.82) is 0 Å². The number of rotatable bonds is 2. The van der Waals surface area contributed by atoms with Gasteiger partial charge in [-0.2, -0.15) is 4.37 Å². The lowest BCUT2D eigenvalue weighted by Gasteiger charge is -2.27. The van der Waals surface area contributed by atoms with E-state index in [2.05, 4.69) is 50.9 Å². The van der Waals surface area contributed by atoms with Crippen molar-refractivity contribution in [2.75, 3.05) is 0 Å². The van der Waals surface area contributed by atoms with Crippen LogP contribution in [0.4, 0.5) is 0 Å². The van der Waals surface area contributed by atoms with E-state index < -0.39 is 0 Å². The van der Waals surface area contributed by atoms with Crippen LogP contribution in [0, 0.1) is 0 Å². The minimum Gasteiger partial charge on any atom is -0.507 e. The first-order chi connectivity index (χ1) is 10.0. The summed E-state index contributed by atoms with van der Waals surface area (Å²) in [7, 11) is 0. The molecular weight excluding hydrogens is 330 g/mol. The molecule has 0 radical (unpaired) electrons. The van der Waals surface area contributed by atoms with Crippen LogP contribution in [-0.2, 0) is 17.4 Å². The Kier molecular flexibility index (Phi) is 5.83. The first-order valence-corrected chi connectivity index (χ1v) is 8.22. The summed E-state index contributed by atoms with van der Waals surface area (Å²) in [4.78, 5) is 4.48. The third kappa shape index (κ3) is 4.22. The Bertz CT molecular complexity index is 649. The summed E-state index contributed by atoms with van der Waals surface area (Å²) in [6.07, 6.45) is 0. The molecule has 0 atom stereocenters. The van der Waals surface area contributed by atoms with Crippen LogP contribution in [0.5, 0.6) is 5.75 Å². The van der Waals surface area contributed by atoms with Crippen LogP contribution in [0.3, 0.4) is 0 Å². The van der Waals surface area contributed by atoms with Crippen molar-refractivity contribution in [3.05, 3.63) is 28.3 Å². The van der Waals surface area contributed by atoms with Gasteiger partial charge in [0, 0.05) is 23.2 Å². The van der Waals surface area contributed by atoms with Crippen molar-refractivity contribution >= 4 is 23.9 Å². The highest BCUT2D eigenvalue weighted by atomic mass is 35.5. The maximum absolute atomic E-state index is 10.7. The summed E-state index contributed by atoms with van der Waals surface area (Å²) in [5.41, 5.74) is 8.08. The van der Waals surface area contributed by atoms with E-state index in [9.17, 15) is 5.11 Å². The zero-order valence-electron chi connectivity index (χ0n) is 14.6. The van der Waals surface area contributed by atoms with Crippen LogP contribution >= 0.6 is 23.9 Å². The summed E-state index contributed by atoms with van der Waals surface area (Å²) in [6.45, 7) is 13.0. The molecule has 0 bridgehead atoms. The van der Waals surface area contributed by atoms with E-state index in [1.54, 1.807) is 0 Å². The molecule has 128 valence electrons. The molecule has 3 N–H and O–H groups in total. The molecule has 2 rings (SSSR count).